The normalized spacial score (nSPS) is 10.6. The number of nitrogens with zero attached hydrogens (tertiary/aromatic N) is 2. The number of halogens is 1. The van der Waals surface area contributed by atoms with Gasteiger partial charge in [0.15, 0.2) is 5.65 Å². The van der Waals surface area contributed by atoms with Crippen molar-refractivity contribution in [2.24, 2.45) is 0 Å². The van der Waals surface area contributed by atoms with Crippen molar-refractivity contribution in [3.05, 3.63) is 60.5 Å². The molecule has 0 aliphatic carbocycles. The molecular formula is C14H9FN2. The van der Waals surface area contributed by atoms with Gasteiger partial charge in [0.1, 0.15) is 5.82 Å². The Morgan fingerprint density at radius 1 is 0.882 bits per heavy atom. The van der Waals surface area contributed by atoms with Gasteiger partial charge in [0, 0.05) is 17.1 Å². The van der Waals surface area contributed by atoms with Crippen LogP contribution in [0.1, 0.15) is 0 Å². The van der Waals surface area contributed by atoms with Crippen LogP contribution in [0.15, 0.2) is 54.7 Å². The number of aromatic nitrogens is 2. The monoisotopic (exact) mass is 224 g/mol. The van der Waals surface area contributed by atoms with E-state index < -0.39 is 0 Å². The van der Waals surface area contributed by atoms with Crippen LogP contribution in [0.3, 0.4) is 0 Å². The maximum Gasteiger partial charge on any atom is 0.159 e. The van der Waals surface area contributed by atoms with E-state index in [0.717, 1.165) is 5.39 Å². The first-order valence-corrected chi connectivity index (χ1v) is 5.31. The molecule has 0 atom stereocenters. The SMILES string of the molecule is Fc1ccccc1-c1ccc2cccnc2n1. The predicted molar refractivity (Wildman–Crippen MR) is 64.9 cm³/mol. The molecule has 0 radical (unpaired) electrons. The fourth-order valence-electron chi connectivity index (χ4n) is 1.77. The predicted octanol–water partition coefficient (Wildman–Crippen LogP) is 3.44. The van der Waals surface area contributed by atoms with Crippen molar-refractivity contribution in [1.29, 1.82) is 0 Å². The molecule has 0 saturated carbocycles. The molecule has 0 bridgehead atoms. The van der Waals surface area contributed by atoms with Gasteiger partial charge in [-0.05, 0) is 36.4 Å². The number of fused-ring (bicyclic) bond motifs is 1. The lowest BCUT2D eigenvalue weighted by molar-refractivity contribution is 0.631. The Balaban J connectivity index is 2.22. The molecule has 0 spiro atoms. The Morgan fingerprint density at radius 2 is 1.76 bits per heavy atom. The van der Waals surface area contributed by atoms with Crippen molar-refractivity contribution in [3.8, 4) is 11.3 Å². The molecule has 17 heavy (non-hydrogen) atoms. The van der Waals surface area contributed by atoms with Crippen LogP contribution < -0.4 is 0 Å². The first-order chi connectivity index (χ1) is 8.34. The summed E-state index contributed by atoms with van der Waals surface area (Å²) in [6, 6.07) is 14.1. The van der Waals surface area contributed by atoms with Gasteiger partial charge in [-0.3, -0.25) is 0 Å². The fraction of sp³-hybridized carbons (Fsp3) is 0. The zero-order valence-corrected chi connectivity index (χ0v) is 8.97. The molecule has 0 saturated heterocycles. The third kappa shape index (κ3) is 1.76. The number of pyridine rings is 2. The van der Waals surface area contributed by atoms with Crippen molar-refractivity contribution >= 4 is 11.0 Å². The number of rotatable bonds is 1. The van der Waals surface area contributed by atoms with Gasteiger partial charge in [-0.25, -0.2) is 14.4 Å². The molecular weight excluding hydrogens is 215 g/mol. The van der Waals surface area contributed by atoms with Crippen LogP contribution in [0.2, 0.25) is 0 Å². The Hall–Kier alpha value is -2.29. The highest BCUT2D eigenvalue weighted by Gasteiger charge is 2.06. The lowest BCUT2D eigenvalue weighted by atomic mass is 10.1. The van der Waals surface area contributed by atoms with Crippen LogP contribution >= 0.6 is 0 Å². The molecule has 0 N–H and O–H groups in total. The summed E-state index contributed by atoms with van der Waals surface area (Å²) >= 11 is 0. The zero-order valence-electron chi connectivity index (χ0n) is 8.97. The van der Waals surface area contributed by atoms with Crippen LogP contribution in [0.5, 0.6) is 0 Å². The third-order valence-corrected chi connectivity index (χ3v) is 2.61. The van der Waals surface area contributed by atoms with Gasteiger partial charge >= 0.3 is 0 Å². The molecule has 82 valence electrons. The topological polar surface area (TPSA) is 25.8 Å². The number of hydrogen-bond acceptors (Lipinski definition) is 2. The van der Waals surface area contributed by atoms with E-state index >= 15 is 0 Å². The van der Waals surface area contributed by atoms with Crippen molar-refractivity contribution in [2.75, 3.05) is 0 Å². The summed E-state index contributed by atoms with van der Waals surface area (Å²) in [4.78, 5) is 8.52. The smallest absolute Gasteiger partial charge is 0.159 e. The minimum Gasteiger partial charge on any atom is -0.237 e. The second-order valence-corrected chi connectivity index (χ2v) is 3.73. The summed E-state index contributed by atoms with van der Waals surface area (Å²) in [7, 11) is 0. The van der Waals surface area contributed by atoms with Gasteiger partial charge < -0.3 is 0 Å². The highest BCUT2D eigenvalue weighted by Crippen LogP contribution is 2.22. The van der Waals surface area contributed by atoms with Crippen molar-refractivity contribution < 1.29 is 4.39 Å². The van der Waals surface area contributed by atoms with E-state index in [1.54, 1.807) is 24.4 Å². The third-order valence-electron chi connectivity index (χ3n) is 2.61. The summed E-state index contributed by atoms with van der Waals surface area (Å²) in [6.45, 7) is 0. The standard InChI is InChI=1S/C14H9FN2/c15-12-6-2-1-5-11(12)13-8-7-10-4-3-9-16-14(10)17-13/h1-9H. The molecule has 2 heterocycles. The van der Waals surface area contributed by atoms with Gasteiger partial charge in [-0.1, -0.05) is 12.1 Å². The van der Waals surface area contributed by atoms with Gasteiger partial charge in [0.25, 0.3) is 0 Å². The molecule has 0 aliphatic heterocycles. The fourth-order valence-corrected chi connectivity index (χ4v) is 1.77. The van der Waals surface area contributed by atoms with Crippen molar-refractivity contribution in [3.63, 3.8) is 0 Å². The van der Waals surface area contributed by atoms with Gasteiger partial charge in [0.05, 0.1) is 5.69 Å². The molecule has 0 fully saturated rings. The first-order valence-electron chi connectivity index (χ1n) is 5.31. The summed E-state index contributed by atoms with van der Waals surface area (Å²) in [5, 5.41) is 0.951. The summed E-state index contributed by atoms with van der Waals surface area (Å²) in [6.07, 6.45) is 1.68. The van der Waals surface area contributed by atoms with E-state index in [0.29, 0.717) is 16.9 Å². The van der Waals surface area contributed by atoms with Gasteiger partial charge in [-0.2, -0.15) is 0 Å². The van der Waals surface area contributed by atoms with E-state index in [1.807, 2.05) is 24.3 Å². The molecule has 0 unspecified atom stereocenters. The van der Waals surface area contributed by atoms with Crippen LogP contribution in [-0.4, -0.2) is 9.97 Å². The minimum absolute atomic E-state index is 0.268. The second-order valence-electron chi connectivity index (χ2n) is 3.73. The quantitative estimate of drug-likeness (QED) is 0.632. The Morgan fingerprint density at radius 3 is 2.65 bits per heavy atom. The minimum atomic E-state index is -0.268. The van der Waals surface area contributed by atoms with Crippen LogP contribution in [0.4, 0.5) is 4.39 Å². The van der Waals surface area contributed by atoms with E-state index in [9.17, 15) is 4.39 Å². The van der Waals surface area contributed by atoms with Crippen molar-refractivity contribution in [1.82, 2.24) is 9.97 Å². The van der Waals surface area contributed by atoms with E-state index in [1.165, 1.54) is 6.07 Å². The first kappa shape index (κ1) is 9.90. The maximum absolute atomic E-state index is 13.6. The van der Waals surface area contributed by atoms with E-state index in [2.05, 4.69) is 9.97 Å². The lowest BCUT2D eigenvalue weighted by Crippen LogP contribution is -1.89. The van der Waals surface area contributed by atoms with Crippen LogP contribution in [0, 0.1) is 5.82 Å². The Kier molecular flexibility index (Phi) is 2.29. The molecule has 3 aromatic rings. The zero-order chi connectivity index (χ0) is 11.7. The lowest BCUT2D eigenvalue weighted by Gasteiger charge is -2.03. The largest absolute Gasteiger partial charge is 0.237 e. The maximum atomic E-state index is 13.6. The highest BCUT2D eigenvalue weighted by atomic mass is 19.1. The summed E-state index contributed by atoms with van der Waals surface area (Å²) in [5.74, 6) is -0.268. The molecule has 1 aromatic carbocycles. The molecule has 0 aliphatic rings. The molecule has 3 rings (SSSR count). The van der Waals surface area contributed by atoms with Gasteiger partial charge in [0.2, 0.25) is 0 Å². The summed E-state index contributed by atoms with van der Waals surface area (Å²) in [5.41, 5.74) is 1.74. The average molecular weight is 224 g/mol. The molecule has 2 nitrogen and oxygen atoms in total. The van der Waals surface area contributed by atoms with Crippen LogP contribution in [0.25, 0.3) is 22.3 Å². The molecule has 0 amide bonds. The van der Waals surface area contributed by atoms with Gasteiger partial charge in [-0.15, -0.1) is 0 Å². The van der Waals surface area contributed by atoms with E-state index in [-0.39, 0.29) is 5.82 Å². The highest BCUT2D eigenvalue weighted by molar-refractivity contribution is 5.78. The number of hydrogen-bond donors (Lipinski definition) is 0. The number of benzene rings is 1. The molecule has 2 aromatic heterocycles. The molecule has 3 heteroatoms. The second kappa shape index (κ2) is 3.94. The van der Waals surface area contributed by atoms with E-state index in [4.69, 9.17) is 0 Å². The average Bonchev–Trinajstić information content (AvgIpc) is 2.39. The Bertz CT molecular complexity index is 680. The summed E-state index contributed by atoms with van der Waals surface area (Å²) < 4.78 is 13.6. The van der Waals surface area contributed by atoms with Crippen LogP contribution in [-0.2, 0) is 0 Å². The Labute approximate surface area is 97.8 Å². The van der Waals surface area contributed by atoms with Crippen molar-refractivity contribution in [2.45, 2.75) is 0 Å².